The molecule has 4 nitrogen and oxygen atoms in total. The highest BCUT2D eigenvalue weighted by Gasteiger charge is 2.11. The fourth-order valence-corrected chi connectivity index (χ4v) is 1.83. The second-order valence-corrected chi connectivity index (χ2v) is 3.77. The summed E-state index contributed by atoms with van der Waals surface area (Å²) in [5.41, 5.74) is 0.961. The largest absolute Gasteiger partial charge is 0.383 e. The molecule has 1 aromatic heterocycles. The summed E-state index contributed by atoms with van der Waals surface area (Å²) in [5.74, 6) is 0. The SMILES string of the molecule is CCOCC(O)c1nc(CNC)cs1. The molecule has 1 rings (SSSR count). The Labute approximate surface area is 87.9 Å². The summed E-state index contributed by atoms with van der Waals surface area (Å²) in [5, 5.41) is 15.3. The number of ether oxygens (including phenoxy) is 1. The van der Waals surface area contributed by atoms with Gasteiger partial charge < -0.3 is 15.2 Å². The fraction of sp³-hybridized carbons (Fsp3) is 0.667. The first kappa shape index (κ1) is 11.6. The zero-order valence-corrected chi connectivity index (χ0v) is 9.30. The maximum absolute atomic E-state index is 9.64. The third-order valence-corrected chi connectivity index (χ3v) is 2.69. The molecule has 0 saturated carbocycles. The number of thiazole rings is 1. The average Bonchev–Trinajstić information content (AvgIpc) is 2.63. The molecule has 0 amide bonds. The van der Waals surface area contributed by atoms with E-state index >= 15 is 0 Å². The van der Waals surface area contributed by atoms with Crippen molar-refractivity contribution in [3.05, 3.63) is 16.1 Å². The second-order valence-electron chi connectivity index (χ2n) is 2.88. The van der Waals surface area contributed by atoms with E-state index in [2.05, 4.69) is 10.3 Å². The Bertz CT molecular complexity index is 265. The zero-order valence-electron chi connectivity index (χ0n) is 8.49. The summed E-state index contributed by atoms with van der Waals surface area (Å²) >= 11 is 1.47. The average molecular weight is 216 g/mol. The number of rotatable bonds is 6. The molecule has 1 aromatic rings. The van der Waals surface area contributed by atoms with Gasteiger partial charge in [-0.25, -0.2) is 4.98 Å². The summed E-state index contributed by atoms with van der Waals surface area (Å²) in [6.07, 6.45) is -0.592. The molecular formula is C9H16N2O2S. The summed E-state index contributed by atoms with van der Waals surface area (Å²) < 4.78 is 5.12. The lowest BCUT2D eigenvalue weighted by molar-refractivity contribution is 0.0418. The number of aromatic nitrogens is 1. The number of aliphatic hydroxyl groups is 1. The first-order chi connectivity index (χ1) is 6.77. The molecule has 0 saturated heterocycles. The highest BCUT2D eigenvalue weighted by Crippen LogP contribution is 2.18. The molecule has 0 aliphatic heterocycles. The molecule has 0 radical (unpaired) electrons. The Morgan fingerprint density at radius 2 is 2.50 bits per heavy atom. The number of hydrogen-bond acceptors (Lipinski definition) is 5. The van der Waals surface area contributed by atoms with Crippen LogP contribution in [0, 0.1) is 0 Å². The van der Waals surface area contributed by atoms with E-state index in [9.17, 15) is 5.11 Å². The Morgan fingerprint density at radius 3 is 3.14 bits per heavy atom. The molecule has 0 bridgehead atoms. The van der Waals surface area contributed by atoms with Crippen molar-refractivity contribution < 1.29 is 9.84 Å². The number of hydrogen-bond donors (Lipinski definition) is 2. The molecule has 0 fully saturated rings. The van der Waals surface area contributed by atoms with E-state index in [0.29, 0.717) is 13.2 Å². The van der Waals surface area contributed by atoms with Gasteiger partial charge >= 0.3 is 0 Å². The fourth-order valence-electron chi connectivity index (χ4n) is 1.04. The van der Waals surface area contributed by atoms with Crippen molar-refractivity contribution in [2.24, 2.45) is 0 Å². The molecule has 5 heteroatoms. The lowest BCUT2D eigenvalue weighted by atomic mass is 10.4. The van der Waals surface area contributed by atoms with Crippen LogP contribution < -0.4 is 5.32 Å². The Morgan fingerprint density at radius 1 is 1.71 bits per heavy atom. The van der Waals surface area contributed by atoms with Crippen molar-refractivity contribution in [1.82, 2.24) is 10.3 Å². The zero-order chi connectivity index (χ0) is 10.4. The van der Waals surface area contributed by atoms with Crippen LogP contribution >= 0.6 is 11.3 Å². The highest BCUT2D eigenvalue weighted by molar-refractivity contribution is 7.09. The molecule has 0 aliphatic rings. The van der Waals surface area contributed by atoms with Gasteiger partial charge in [0.1, 0.15) is 11.1 Å². The molecule has 0 aliphatic carbocycles. The van der Waals surface area contributed by atoms with E-state index in [1.54, 1.807) is 0 Å². The molecule has 80 valence electrons. The van der Waals surface area contributed by atoms with E-state index in [-0.39, 0.29) is 0 Å². The van der Waals surface area contributed by atoms with Crippen molar-refractivity contribution in [3.8, 4) is 0 Å². The van der Waals surface area contributed by atoms with Gasteiger partial charge in [0.15, 0.2) is 0 Å². The minimum Gasteiger partial charge on any atom is -0.383 e. The summed E-state index contributed by atoms with van der Waals surface area (Å²) in [6, 6.07) is 0. The predicted octanol–water partition coefficient (Wildman–Crippen LogP) is 0.932. The number of aliphatic hydroxyl groups excluding tert-OH is 1. The van der Waals surface area contributed by atoms with Gasteiger partial charge in [0.25, 0.3) is 0 Å². The van der Waals surface area contributed by atoms with Crippen molar-refractivity contribution in [3.63, 3.8) is 0 Å². The summed E-state index contributed by atoms with van der Waals surface area (Å²) in [7, 11) is 1.87. The first-order valence-electron chi connectivity index (χ1n) is 4.62. The number of nitrogens with zero attached hydrogens (tertiary/aromatic N) is 1. The quantitative estimate of drug-likeness (QED) is 0.743. The normalized spacial score (nSPS) is 13.1. The van der Waals surface area contributed by atoms with Crippen molar-refractivity contribution in [2.45, 2.75) is 19.6 Å². The molecule has 0 spiro atoms. The third kappa shape index (κ3) is 3.34. The van der Waals surface area contributed by atoms with Crippen LogP contribution in [0.3, 0.4) is 0 Å². The second kappa shape index (κ2) is 6.08. The Hall–Kier alpha value is -0.490. The maximum atomic E-state index is 9.64. The van der Waals surface area contributed by atoms with E-state index in [0.717, 1.165) is 17.2 Å². The predicted molar refractivity (Wildman–Crippen MR) is 56.3 cm³/mol. The van der Waals surface area contributed by atoms with Crippen molar-refractivity contribution in [2.75, 3.05) is 20.3 Å². The monoisotopic (exact) mass is 216 g/mol. The molecule has 1 atom stereocenters. The van der Waals surface area contributed by atoms with Gasteiger partial charge in [-0.15, -0.1) is 11.3 Å². The van der Waals surface area contributed by atoms with Crippen LogP contribution in [-0.4, -0.2) is 30.4 Å². The van der Waals surface area contributed by atoms with Crippen LogP contribution in [0.2, 0.25) is 0 Å². The summed E-state index contributed by atoms with van der Waals surface area (Å²) in [4.78, 5) is 4.28. The van der Waals surface area contributed by atoms with Crippen LogP contribution in [0.4, 0.5) is 0 Å². The van der Waals surface area contributed by atoms with Crippen molar-refractivity contribution >= 4 is 11.3 Å². The maximum Gasteiger partial charge on any atom is 0.129 e. The van der Waals surface area contributed by atoms with E-state index in [4.69, 9.17) is 4.74 Å². The molecule has 0 aromatic carbocycles. The van der Waals surface area contributed by atoms with Gasteiger partial charge in [0, 0.05) is 18.5 Å². The van der Waals surface area contributed by atoms with Gasteiger partial charge in [-0.3, -0.25) is 0 Å². The minimum atomic E-state index is -0.592. The van der Waals surface area contributed by atoms with Gasteiger partial charge in [-0.2, -0.15) is 0 Å². The van der Waals surface area contributed by atoms with Gasteiger partial charge in [-0.05, 0) is 14.0 Å². The van der Waals surface area contributed by atoms with Crippen LogP contribution in [0.1, 0.15) is 23.7 Å². The highest BCUT2D eigenvalue weighted by atomic mass is 32.1. The van der Waals surface area contributed by atoms with Gasteiger partial charge in [-0.1, -0.05) is 0 Å². The molecular weight excluding hydrogens is 200 g/mol. The van der Waals surface area contributed by atoms with Crippen LogP contribution in [0.5, 0.6) is 0 Å². The minimum absolute atomic E-state index is 0.322. The van der Waals surface area contributed by atoms with Crippen molar-refractivity contribution in [1.29, 1.82) is 0 Å². The molecule has 1 heterocycles. The van der Waals surface area contributed by atoms with Gasteiger partial charge in [0.2, 0.25) is 0 Å². The van der Waals surface area contributed by atoms with E-state index < -0.39 is 6.10 Å². The lowest BCUT2D eigenvalue weighted by Crippen LogP contribution is -2.08. The Kier molecular flexibility index (Phi) is 5.03. The van der Waals surface area contributed by atoms with Crippen LogP contribution in [0.25, 0.3) is 0 Å². The van der Waals surface area contributed by atoms with E-state index in [1.807, 2.05) is 19.4 Å². The third-order valence-electron chi connectivity index (χ3n) is 1.69. The Balaban J connectivity index is 2.48. The topological polar surface area (TPSA) is 54.4 Å². The number of nitrogens with one attached hydrogen (secondary N) is 1. The van der Waals surface area contributed by atoms with Crippen LogP contribution in [0.15, 0.2) is 5.38 Å². The van der Waals surface area contributed by atoms with Gasteiger partial charge in [0.05, 0.1) is 12.3 Å². The van der Waals surface area contributed by atoms with Crippen LogP contribution in [-0.2, 0) is 11.3 Å². The standard InChI is InChI=1S/C9H16N2O2S/c1-3-13-5-8(12)9-11-7(4-10-2)6-14-9/h6,8,10,12H,3-5H2,1-2H3. The van der Waals surface area contributed by atoms with E-state index in [1.165, 1.54) is 11.3 Å². The summed E-state index contributed by atoms with van der Waals surface area (Å²) in [6.45, 7) is 3.58. The molecule has 1 unspecified atom stereocenters. The molecule has 2 N–H and O–H groups in total. The lowest BCUT2D eigenvalue weighted by Gasteiger charge is -2.06. The first-order valence-corrected chi connectivity index (χ1v) is 5.50. The molecule has 14 heavy (non-hydrogen) atoms. The smallest absolute Gasteiger partial charge is 0.129 e.